The van der Waals surface area contributed by atoms with E-state index in [4.69, 9.17) is 4.42 Å². The Kier molecular flexibility index (Phi) is 3.87. The largest absolute Gasteiger partial charge is 0.462 e. The molecule has 5 nitrogen and oxygen atoms in total. The normalized spacial score (nSPS) is 10.4. The molecule has 0 N–H and O–H groups in total. The summed E-state index contributed by atoms with van der Waals surface area (Å²) >= 11 is 1.73. The summed E-state index contributed by atoms with van der Waals surface area (Å²) in [7, 11) is 1.28. The van der Waals surface area contributed by atoms with Gasteiger partial charge in [-0.25, -0.2) is 4.79 Å². The molecule has 0 saturated carbocycles. The van der Waals surface area contributed by atoms with Gasteiger partial charge in [0.15, 0.2) is 0 Å². The van der Waals surface area contributed by atoms with Crippen molar-refractivity contribution in [1.82, 2.24) is 10.2 Å². The molecule has 0 unspecified atom stereocenters. The van der Waals surface area contributed by atoms with E-state index in [1.807, 2.05) is 6.07 Å². The molecule has 0 fully saturated rings. The van der Waals surface area contributed by atoms with E-state index < -0.39 is 5.97 Å². The van der Waals surface area contributed by atoms with Crippen molar-refractivity contribution in [1.29, 1.82) is 0 Å². The molecule has 90 valence electrons. The van der Waals surface area contributed by atoms with Crippen LogP contribution in [0.5, 0.6) is 0 Å². The molecule has 0 bridgehead atoms. The van der Waals surface area contributed by atoms with Crippen LogP contribution in [-0.4, -0.2) is 23.3 Å². The standard InChI is InChI=1S/C11H12N2O3S/c1-15-11(14)10-13-12-9(16-10)6-2-4-8-5-3-7-17-8/h3,5,7H,2,4,6H2,1H3. The van der Waals surface area contributed by atoms with Crippen LogP contribution in [-0.2, 0) is 17.6 Å². The lowest BCUT2D eigenvalue weighted by molar-refractivity contribution is 0.0554. The molecule has 0 spiro atoms. The maximum absolute atomic E-state index is 11.1. The SMILES string of the molecule is COC(=O)c1nnc(CCCc2cccs2)o1. The first-order chi connectivity index (χ1) is 8.29. The first-order valence-electron chi connectivity index (χ1n) is 5.22. The third-order valence-corrected chi connectivity index (χ3v) is 3.16. The van der Waals surface area contributed by atoms with Crippen LogP contribution in [0, 0.1) is 0 Å². The van der Waals surface area contributed by atoms with Crippen molar-refractivity contribution in [3.8, 4) is 0 Å². The number of hydrogen-bond donors (Lipinski definition) is 0. The molecular weight excluding hydrogens is 240 g/mol. The molecule has 2 heterocycles. The van der Waals surface area contributed by atoms with Crippen molar-refractivity contribution in [2.75, 3.05) is 7.11 Å². The Hall–Kier alpha value is -1.69. The van der Waals surface area contributed by atoms with Gasteiger partial charge in [-0.1, -0.05) is 6.07 Å². The molecule has 2 aromatic heterocycles. The van der Waals surface area contributed by atoms with Crippen LogP contribution in [0.15, 0.2) is 21.9 Å². The van der Waals surface area contributed by atoms with E-state index in [1.165, 1.54) is 12.0 Å². The number of carbonyl (C=O) groups excluding carboxylic acids is 1. The van der Waals surface area contributed by atoms with Gasteiger partial charge < -0.3 is 9.15 Å². The summed E-state index contributed by atoms with van der Waals surface area (Å²) in [6.45, 7) is 0. The van der Waals surface area contributed by atoms with Gasteiger partial charge in [-0.05, 0) is 24.3 Å². The third kappa shape index (κ3) is 3.13. The Labute approximate surface area is 102 Å². The van der Waals surface area contributed by atoms with Gasteiger partial charge in [-0.3, -0.25) is 0 Å². The minimum atomic E-state index is -0.595. The number of esters is 1. The molecule has 0 aliphatic carbocycles. The van der Waals surface area contributed by atoms with Gasteiger partial charge in [-0.15, -0.1) is 21.5 Å². The summed E-state index contributed by atoms with van der Waals surface area (Å²) in [5.41, 5.74) is 0. The molecule has 0 aliphatic rings. The van der Waals surface area contributed by atoms with Crippen molar-refractivity contribution in [2.45, 2.75) is 19.3 Å². The third-order valence-electron chi connectivity index (χ3n) is 2.22. The lowest BCUT2D eigenvalue weighted by Crippen LogP contribution is -2.00. The van der Waals surface area contributed by atoms with E-state index in [-0.39, 0.29) is 5.89 Å². The second-order valence-corrected chi connectivity index (χ2v) is 4.46. The molecule has 17 heavy (non-hydrogen) atoms. The van der Waals surface area contributed by atoms with Gasteiger partial charge in [-0.2, -0.15) is 0 Å². The average molecular weight is 252 g/mol. The van der Waals surface area contributed by atoms with Crippen molar-refractivity contribution >= 4 is 17.3 Å². The van der Waals surface area contributed by atoms with E-state index in [0.717, 1.165) is 12.8 Å². The number of aryl methyl sites for hydroxylation is 2. The Morgan fingerprint density at radius 3 is 3.06 bits per heavy atom. The minimum absolute atomic E-state index is 0.0846. The van der Waals surface area contributed by atoms with Gasteiger partial charge in [0.05, 0.1) is 7.11 Å². The smallest absolute Gasteiger partial charge is 0.396 e. The Balaban J connectivity index is 1.83. The maximum atomic E-state index is 11.1. The molecule has 0 saturated heterocycles. The summed E-state index contributed by atoms with van der Waals surface area (Å²) in [6, 6.07) is 4.13. The second-order valence-electron chi connectivity index (χ2n) is 3.43. The lowest BCUT2D eigenvalue weighted by atomic mass is 10.2. The Bertz CT molecular complexity index is 479. The van der Waals surface area contributed by atoms with Gasteiger partial charge in [0, 0.05) is 11.3 Å². The molecule has 0 amide bonds. The van der Waals surface area contributed by atoms with E-state index in [0.29, 0.717) is 12.3 Å². The number of rotatable bonds is 5. The maximum Gasteiger partial charge on any atom is 0.396 e. The summed E-state index contributed by atoms with van der Waals surface area (Å²) in [4.78, 5) is 12.4. The minimum Gasteiger partial charge on any atom is -0.462 e. The molecule has 6 heteroatoms. The number of carbonyl (C=O) groups is 1. The molecule has 0 aliphatic heterocycles. The average Bonchev–Trinajstić information content (AvgIpc) is 2.99. The van der Waals surface area contributed by atoms with Crippen LogP contribution in [0.2, 0.25) is 0 Å². The van der Waals surface area contributed by atoms with Crippen LogP contribution in [0.25, 0.3) is 0 Å². The summed E-state index contributed by atoms with van der Waals surface area (Å²) in [6.07, 6.45) is 2.57. The lowest BCUT2D eigenvalue weighted by Gasteiger charge is -1.94. The highest BCUT2D eigenvalue weighted by Crippen LogP contribution is 2.12. The van der Waals surface area contributed by atoms with Gasteiger partial charge in [0.25, 0.3) is 0 Å². The molecule has 0 atom stereocenters. The van der Waals surface area contributed by atoms with Crippen molar-refractivity contribution < 1.29 is 13.9 Å². The Morgan fingerprint density at radius 2 is 2.35 bits per heavy atom. The highest BCUT2D eigenvalue weighted by molar-refractivity contribution is 7.09. The summed E-state index contributed by atoms with van der Waals surface area (Å²) in [5.74, 6) is -0.206. The zero-order chi connectivity index (χ0) is 12.1. The van der Waals surface area contributed by atoms with Crippen molar-refractivity contribution in [3.05, 3.63) is 34.2 Å². The topological polar surface area (TPSA) is 65.2 Å². The quantitative estimate of drug-likeness (QED) is 0.762. The molecule has 0 aromatic carbocycles. The van der Waals surface area contributed by atoms with Crippen LogP contribution in [0.1, 0.15) is 27.9 Å². The number of ether oxygens (including phenoxy) is 1. The van der Waals surface area contributed by atoms with Crippen LogP contribution in [0.4, 0.5) is 0 Å². The number of hydrogen-bond acceptors (Lipinski definition) is 6. The first-order valence-corrected chi connectivity index (χ1v) is 6.10. The second kappa shape index (κ2) is 5.58. The van der Waals surface area contributed by atoms with Crippen LogP contribution in [0.3, 0.4) is 0 Å². The number of thiophene rings is 1. The zero-order valence-electron chi connectivity index (χ0n) is 9.38. The van der Waals surface area contributed by atoms with Crippen molar-refractivity contribution in [2.24, 2.45) is 0 Å². The van der Waals surface area contributed by atoms with Gasteiger partial charge in [0.2, 0.25) is 5.89 Å². The highest BCUT2D eigenvalue weighted by Gasteiger charge is 2.14. The fourth-order valence-electron chi connectivity index (χ4n) is 1.39. The van der Waals surface area contributed by atoms with E-state index in [2.05, 4.69) is 26.4 Å². The van der Waals surface area contributed by atoms with Crippen molar-refractivity contribution in [3.63, 3.8) is 0 Å². The summed E-state index contributed by atoms with van der Waals surface area (Å²) < 4.78 is 9.64. The fraction of sp³-hybridized carbons (Fsp3) is 0.364. The predicted molar refractivity (Wildman–Crippen MR) is 62.0 cm³/mol. The summed E-state index contributed by atoms with van der Waals surface area (Å²) in [5, 5.41) is 9.46. The fourth-order valence-corrected chi connectivity index (χ4v) is 2.14. The number of methoxy groups -OCH3 is 1. The molecule has 2 rings (SSSR count). The van der Waals surface area contributed by atoms with E-state index in [9.17, 15) is 4.79 Å². The van der Waals surface area contributed by atoms with Crippen LogP contribution < -0.4 is 0 Å². The molecule has 0 radical (unpaired) electrons. The van der Waals surface area contributed by atoms with Gasteiger partial charge >= 0.3 is 11.9 Å². The Morgan fingerprint density at radius 1 is 1.47 bits per heavy atom. The predicted octanol–water partition coefficient (Wildman–Crippen LogP) is 2.09. The first kappa shape index (κ1) is 11.8. The number of aromatic nitrogens is 2. The van der Waals surface area contributed by atoms with Gasteiger partial charge in [0.1, 0.15) is 0 Å². The van der Waals surface area contributed by atoms with E-state index in [1.54, 1.807) is 11.3 Å². The molecular formula is C11H12N2O3S. The van der Waals surface area contributed by atoms with Crippen LogP contribution >= 0.6 is 11.3 Å². The molecule has 2 aromatic rings. The van der Waals surface area contributed by atoms with E-state index >= 15 is 0 Å². The number of nitrogens with zero attached hydrogens (tertiary/aromatic N) is 2. The highest BCUT2D eigenvalue weighted by atomic mass is 32.1. The monoisotopic (exact) mass is 252 g/mol. The zero-order valence-corrected chi connectivity index (χ0v) is 10.2.